The Labute approximate surface area is 178 Å². The number of hydrogen-bond acceptors (Lipinski definition) is 4. The van der Waals surface area contributed by atoms with E-state index in [1.165, 1.54) is 0 Å². The predicted molar refractivity (Wildman–Crippen MR) is 117 cm³/mol. The summed E-state index contributed by atoms with van der Waals surface area (Å²) < 4.78 is 5.50. The molecule has 0 aromatic heterocycles. The monoisotopic (exact) mass is 415 g/mol. The van der Waals surface area contributed by atoms with E-state index in [1.807, 2.05) is 34.6 Å². The summed E-state index contributed by atoms with van der Waals surface area (Å²) in [5, 5.41) is 5.78. The highest BCUT2D eigenvalue weighted by molar-refractivity contribution is 5.95. The number of benzene rings is 1. The highest BCUT2D eigenvalue weighted by Gasteiger charge is 2.36. The van der Waals surface area contributed by atoms with Gasteiger partial charge in [0.1, 0.15) is 0 Å². The molecule has 30 heavy (non-hydrogen) atoms. The van der Waals surface area contributed by atoms with Crippen LogP contribution in [0.4, 0.5) is 10.5 Å². The molecule has 2 rings (SSSR count). The molecule has 0 saturated heterocycles. The molecule has 2 N–H and O–H groups in total. The lowest BCUT2D eigenvalue weighted by molar-refractivity contribution is -0.140. The van der Waals surface area contributed by atoms with Crippen LogP contribution in [0.5, 0.6) is 0 Å². The van der Waals surface area contributed by atoms with Crippen LogP contribution in [0.3, 0.4) is 0 Å². The zero-order valence-corrected chi connectivity index (χ0v) is 18.7. The number of urea groups is 1. The lowest BCUT2D eigenvalue weighted by atomic mass is 9.94. The van der Waals surface area contributed by atoms with Gasteiger partial charge in [-0.15, -0.1) is 0 Å². The van der Waals surface area contributed by atoms with Crippen LogP contribution in [-0.4, -0.2) is 36.0 Å². The third-order valence-corrected chi connectivity index (χ3v) is 4.85. The smallest absolute Gasteiger partial charge is 0.338 e. The molecule has 1 aliphatic heterocycles. The van der Waals surface area contributed by atoms with E-state index in [1.54, 1.807) is 36.1 Å². The molecule has 7 heteroatoms. The second kappa shape index (κ2) is 10.3. The van der Waals surface area contributed by atoms with Gasteiger partial charge in [0.2, 0.25) is 5.91 Å². The van der Waals surface area contributed by atoms with Gasteiger partial charge >= 0.3 is 12.0 Å². The first-order valence-corrected chi connectivity index (χ1v) is 10.5. The van der Waals surface area contributed by atoms with Crippen molar-refractivity contribution in [2.75, 3.05) is 18.5 Å². The fraction of sp³-hybridized carbons (Fsp3) is 0.522. The van der Waals surface area contributed by atoms with Crippen LogP contribution in [0.1, 0.15) is 59.6 Å². The van der Waals surface area contributed by atoms with Crippen LogP contribution in [-0.2, 0) is 14.3 Å². The van der Waals surface area contributed by atoms with E-state index in [4.69, 9.17) is 4.74 Å². The van der Waals surface area contributed by atoms with Crippen LogP contribution < -0.4 is 10.6 Å². The van der Waals surface area contributed by atoms with Crippen LogP contribution >= 0.6 is 0 Å². The summed E-state index contributed by atoms with van der Waals surface area (Å²) in [6.07, 6.45) is 0.772. The fourth-order valence-electron chi connectivity index (χ4n) is 3.15. The van der Waals surface area contributed by atoms with Crippen molar-refractivity contribution in [2.24, 2.45) is 11.8 Å². The number of carbonyl (C=O) groups is 3. The van der Waals surface area contributed by atoms with Gasteiger partial charge in [0.15, 0.2) is 0 Å². The zero-order chi connectivity index (χ0) is 22.4. The zero-order valence-electron chi connectivity index (χ0n) is 18.7. The second-order valence-electron chi connectivity index (χ2n) is 8.29. The van der Waals surface area contributed by atoms with E-state index in [-0.39, 0.29) is 23.8 Å². The number of carbonyl (C=O) groups excluding carboxylic acids is 3. The average Bonchev–Trinajstić information content (AvgIpc) is 2.69. The standard InChI is InChI=1S/C23H33N3O4/c1-7-12-26-16(6)19(22(28)30-13-14(2)3)20(25-23(26)29)17-8-10-18(11-9-17)24-21(27)15(4)5/h8-11,14-15,20H,7,12-13H2,1-6H3,(H,24,27)(H,25,29). The van der Waals surface area contributed by atoms with Gasteiger partial charge in [0.05, 0.1) is 18.2 Å². The maximum atomic E-state index is 12.9. The van der Waals surface area contributed by atoms with Gasteiger partial charge in [-0.3, -0.25) is 9.69 Å². The average molecular weight is 416 g/mol. The third kappa shape index (κ3) is 5.62. The summed E-state index contributed by atoms with van der Waals surface area (Å²) in [5.41, 5.74) is 2.45. The molecule has 0 saturated carbocycles. The van der Waals surface area contributed by atoms with Crippen molar-refractivity contribution in [1.29, 1.82) is 0 Å². The lowest BCUT2D eigenvalue weighted by Gasteiger charge is -2.35. The summed E-state index contributed by atoms with van der Waals surface area (Å²) in [4.78, 5) is 39.1. The van der Waals surface area contributed by atoms with E-state index >= 15 is 0 Å². The number of nitrogens with zero attached hydrogens (tertiary/aromatic N) is 1. The minimum absolute atomic E-state index is 0.0716. The van der Waals surface area contributed by atoms with Gasteiger partial charge in [-0.25, -0.2) is 9.59 Å². The molecule has 1 aromatic carbocycles. The number of amides is 3. The van der Waals surface area contributed by atoms with Gasteiger partial charge in [-0.2, -0.15) is 0 Å². The summed E-state index contributed by atoms with van der Waals surface area (Å²) in [5.74, 6) is -0.413. The summed E-state index contributed by atoms with van der Waals surface area (Å²) in [7, 11) is 0. The third-order valence-electron chi connectivity index (χ3n) is 4.85. The summed E-state index contributed by atoms with van der Waals surface area (Å²) in [6.45, 7) is 12.2. The minimum Gasteiger partial charge on any atom is -0.462 e. The Bertz CT molecular complexity index is 812. The number of ether oxygens (including phenoxy) is 1. The second-order valence-corrected chi connectivity index (χ2v) is 8.29. The first kappa shape index (κ1) is 23.4. The van der Waals surface area contributed by atoms with Gasteiger partial charge < -0.3 is 15.4 Å². The van der Waals surface area contributed by atoms with Gasteiger partial charge in [-0.1, -0.05) is 46.8 Å². The number of hydrogen-bond donors (Lipinski definition) is 2. The molecule has 3 amide bonds. The van der Waals surface area contributed by atoms with Crippen molar-refractivity contribution < 1.29 is 19.1 Å². The van der Waals surface area contributed by atoms with Gasteiger partial charge in [0, 0.05) is 23.8 Å². The van der Waals surface area contributed by atoms with Crippen molar-refractivity contribution in [2.45, 2.75) is 54.0 Å². The van der Waals surface area contributed by atoms with E-state index < -0.39 is 12.0 Å². The Morgan fingerprint density at radius 1 is 1.17 bits per heavy atom. The van der Waals surface area contributed by atoms with Crippen LogP contribution in [0, 0.1) is 11.8 Å². The molecule has 0 radical (unpaired) electrons. The molecule has 1 unspecified atom stereocenters. The SMILES string of the molecule is CCCN1C(=O)NC(c2ccc(NC(=O)C(C)C)cc2)C(C(=O)OCC(C)C)=C1C. The molecule has 1 aromatic rings. The topological polar surface area (TPSA) is 87.7 Å². The highest BCUT2D eigenvalue weighted by atomic mass is 16.5. The molecular weight excluding hydrogens is 382 g/mol. The van der Waals surface area contributed by atoms with Crippen molar-refractivity contribution in [3.8, 4) is 0 Å². The molecule has 0 spiro atoms. The van der Waals surface area contributed by atoms with Gasteiger partial charge in [0.25, 0.3) is 0 Å². The number of anilines is 1. The Kier molecular flexibility index (Phi) is 8.03. The Balaban J connectivity index is 2.36. The van der Waals surface area contributed by atoms with Crippen LogP contribution in [0.2, 0.25) is 0 Å². The highest BCUT2D eigenvalue weighted by Crippen LogP contribution is 2.32. The largest absolute Gasteiger partial charge is 0.462 e. The predicted octanol–water partition coefficient (Wildman–Crippen LogP) is 4.23. The van der Waals surface area contributed by atoms with Gasteiger partial charge in [-0.05, 0) is 37.0 Å². The van der Waals surface area contributed by atoms with Crippen molar-refractivity contribution in [1.82, 2.24) is 10.2 Å². The van der Waals surface area contributed by atoms with E-state index in [0.717, 1.165) is 12.0 Å². The molecule has 1 heterocycles. The maximum Gasteiger partial charge on any atom is 0.338 e. The minimum atomic E-state index is -0.611. The Morgan fingerprint density at radius 2 is 1.80 bits per heavy atom. The fourth-order valence-corrected chi connectivity index (χ4v) is 3.15. The molecule has 0 aliphatic carbocycles. The van der Waals surface area contributed by atoms with Crippen molar-refractivity contribution in [3.05, 3.63) is 41.1 Å². The molecule has 1 aliphatic rings. The lowest BCUT2D eigenvalue weighted by Crippen LogP contribution is -2.48. The summed E-state index contributed by atoms with van der Waals surface area (Å²) >= 11 is 0. The van der Waals surface area contributed by atoms with Crippen LogP contribution in [0.15, 0.2) is 35.5 Å². The number of nitrogens with one attached hydrogen (secondary N) is 2. The molecule has 164 valence electrons. The molecule has 7 nitrogen and oxygen atoms in total. The number of rotatable bonds is 8. The summed E-state index contributed by atoms with van der Waals surface area (Å²) in [6, 6.07) is 6.30. The molecule has 0 fully saturated rings. The van der Waals surface area contributed by atoms with Crippen molar-refractivity contribution in [3.63, 3.8) is 0 Å². The number of esters is 1. The Morgan fingerprint density at radius 3 is 2.33 bits per heavy atom. The number of allylic oxidation sites excluding steroid dienone is 1. The normalized spacial score (nSPS) is 16.7. The maximum absolute atomic E-state index is 12.9. The van der Waals surface area contributed by atoms with E-state index in [2.05, 4.69) is 10.6 Å². The molecular formula is C23H33N3O4. The molecule has 1 atom stereocenters. The first-order chi connectivity index (χ1) is 14.1. The van der Waals surface area contributed by atoms with E-state index in [0.29, 0.717) is 30.1 Å². The molecule has 0 bridgehead atoms. The van der Waals surface area contributed by atoms with Crippen molar-refractivity contribution >= 4 is 23.6 Å². The first-order valence-electron chi connectivity index (χ1n) is 10.5. The quantitative estimate of drug-likeness (QED) is 0.622. The van der Waals surface area contributed by atoms with Crippen LogP contribution in [0.25, 0.3) is 0 Å². The Hall–Kier alpha value is -2.83. The van der Waals surface area contributed by atoms with E-state index in [9.17, 15) is 14.4 Å².